The normalized spacial score (nSPS) is 22.7. The predicted octanol–water partition coefficient (Wildman–Crippen LogP) is 2.62. The van der Waals surface area contributed by atoms with E-state index >= 15 is 0 Å². The van der Waals surface area contributed by atoms with Crippen LogP contribution in [0.5, 0.6) is 0 Å². The lowest BCUT2D eigenvalue weighted by Gasteiger charge is -2.40. The minimum absolute atomic E-state index is 0.0300. The van der Waals surface area contributed by atoms with Crippen molar-refractivity contribution < 1.29 is 9.47 Å². The van der Waals surface area contributed by atoms with Crippen molar-refractivity contribution in [3.05, 3.63) is 0 Å². The summed E-state index contributed by atoms with van der Waals surface area (Å²) < 4.78 is 11.7. The van der Waals surface area contributed by atoms with Crippen LogP contribution in [0.25, 0.3) is 0 Å². The summed E-state index contributed by atoms with van der Waals surface area (Å²) in [6.07, 6.45) is 0. The highest BCUT2D eigenvalue weighted by atomic mass is 16.5. The number of piperazine rings is 1. The Labute approximate surface area is 131 Å². The van der Waals surface area contributed by atoms with Gasteiger partial charge in [-0.15, -0.1) is 0 Å². The summed E-state index contributed by atoms with van der Waals surface area (Å²) >= 11 is 0. The molecule has 0 aromatic heterocycles. The Bertz CT molecular complexity index is 294. The zero-order chi connectivity index (χ0) is 16.1. The van der Waals surface area contributed by atoms with E-state index in [4.69, 9.17) is 9.47 Å². The van der Waals surface area contributed by atoms with Crippen LogP contribution in [0, 0.1) is 0 Å². The second-order valence-corrected chi connectivity index (χ2v) is 8.11. The Hall–Kier alpha value is -0.160. The molecule has 0 aromatic carbocycles. The molecule has 1 rings (SSSR count). The summed E-state index contributed by atoms with van der Waals surface area (Å²) in [4.78, 5) is 5.05. The third-order valence-electron chi connectivity index (χ3n) is 3.71. The van der Waals surface area contributed by atoms with Crippen molar-refractivity contribution in [3.8, 4) is 0 Å². The number of hydrogen-bond donors (Lipinski definition) is 0. The van der Waals surface area contributed by atoms with Gasteiger partial charge in [0.25, 0.3) is 0 Å². The fourth-order valence-electron chi connectivity index (χ4n) is 2.56. The highest BCUT2D eigenvalue weighted by Gasteiger charge is 2.24. The molecule has 1 saturated heterocycles. The molecule has 0 bridgehead atoms. The molecule has 0 aromatic rings. The smallest absolute Gasteiger partial charge is 0.0600 e. The van der Waals surface area contributed by atoms with Crippen molar-refractivity contribution in [1.82, 2.24) is 9.80 Å². The lowest BCUT2D eigenvalue weighted by molar-refractivity contribution is -0.0363. The molecule has 0 aliphatic carbocycles. The Morgan fingerprint density at radius 1 is 0.857 bits per heavy atom. The number of ether oxygens (including phenoxy) is 2. The number of nitrogens with zero attached hydrogens (tertiary/aromatic N) is 2. The molecule has 4 heteroatoms. The molecule has 0 unspecified atom stereocenters. The molecule has 21 heavy (non-hydrogen) atoms. The van der Waals surface area contributed by atoms with Crippen molar-refractivity contribution in [1.29, 1.82) is 0 Å². The molecule has 0 radical (unpaired) electrons. The monoisotopic (exact) mass is 300 g/mol. The fourth-order valence-corrected chi connectivity index (χ4v) is 2.56. The highest BCUT2D eigenvalue weighted by Crippen LogP contribution is 2.12. The minimum atomic E-state index is -0.0324. The lowest BCUT2D eigenvalue weighted by atomic mass is 10.2. The molecule has 0 N–H and O–H groups in total. The van der Waals surface area contributed by atoms with Crippen LogP contribution in [0.1, 0.15) is 48.5 Å². The molecule has 1 fully saturated rings. The van der Waals surface area contributed by atoms with Gasteiger partial charge < -0.3 is 9.47 Å². The average molecular weight is 300 g/mol. The molecule has 1 aliphatic rings. The van der Waals surface area contributed by atoms with Gasteiger partial charge in [0.2, 0.25) is 0 Å². The SMILES string of the molecule is C[C@H]1CN(CCOC(C)(C)C)CCN1CCOC(C)(C)C. The molecule has 0 saturated carbocycles. The Morgan fingerprint density at radius 2 is 1.38 bits per heavy atom. The van der Waals surface area contributed by atoms with Crippen molar-refractivity contribution in [2.45, 2.75) is 65.7 Å². The standard InChI is InChI=1S/C17H36N2O2/c1-15-14-18(10-12-20-16(2,3)4)8-9-19(15)11-13-21-17(5,6)7/h15H,8-14H2,1-7H3/t15-/m0/s1. The van der Waals surface area contributed by atoms with E-state index in [1.165, 1.54) is 0 Å². The highest BCUT2D eigenvalue weighted by molar-refractivity contribution is 4.79. The van der Waals surface area contributed by atoms with Gasteiger partial charge in [0.15, 0.2) is 0 Å². The third kappa shape index (κ3) is 8.77. The Balaban J connectivity index is 2.21. The number of rotatable bonds is 6. The van der Waals surface area contributed by atoms with E-state index in [0.717, 1.165) is 45.9 Å². The van der Waals surface area contributed by atoms with Gasteiger partial charge >= 0.3 is 0 Å². The van der Waals surface area contributed by atoms with Gasteiger partial charge in [-0.3, -0.25) is 9.80 Å². The second-order valence-electron chi connectivity index (χ2n) is 8.11. The predicted molar refractivity (Wildman–Crippen MR) is 88.9 cm³/mol. The van der Waals surface area contributed by atoms with Crippen molar-refractivity contribution >= 4 is 0 Å². The maximum atomic E-state index is 5.83. The Kier molecular flexibility index (Phi) is 7.11. The van der Waals surface area contributed by atoms with Gasteiger partial charge in [-0.05, 0) is 48.5 Å². The molecule has 1 heterocycles. The van der Waals surface area contributed by atoms with Gasteiger partial charge in [-0.25, -0.2) is 0 Å². The summed E-state index contributed by atoms with van der Waals surface area (Å²) in [5.74, 6) is 0. The molecule has 4 nitrogen and oxygen atoms in total. The molecule has 0 spiro atoms. The fraction of sp³-hybridized carbons (Fsp3) is 1.00. The van der Waals surface area contributed by atoms with Crippen LogP contribution in [0.4, 0.5) is 0 Å². The van der Waals surface area contributed by atoms with Crippen LogP contribution in [0.2, 0.25) is 0 Å². The first-order valence-corrected chi connectivity index (χ1v) is 8.31. The second kappa shape index (κ2) is 7.91. The molecular formula is C17H36N2O2. The maximum absolute atomic E-state index is 5.83. The minimum Gasteiger partial charge on any atom is -0.375 e. The van der Waals surface area contributed by atoms with Gasteiger partial charge in [-0.1, -0.05) is 0 Å². The first kappa shape index (κ1) is 18.9. The summed E-state index contributed by atoms with van der Waals surface area (Å²) in [5.41, 5.74) is -0.0624. The first-order chi connectivity index (χ1) is 9.57. The molecule has 126 valence electrons. The van der Waals surface area contributed by atoms with E-state index in [-0.39, 0.29) is 11.2 Å². The van der Waals surface area contributed by atoms with Crippen LogP contribution in [-0.4, -0.2) is 73.0 Å². The van der Waals surface area contributed by atoms with Crippen LogP contribution >= 0.6 is 0 Å². The van der Waals surface area contributed by atoms with Crippen LogP contribution in [0.3, 0.4) is 0 Å². The van der Waals surface area contributed by atoms with Gasteiger partial charge in [-0.2, -0.15) is 0 Å². The summed E-state index contributed by atoms with van der Waals surface area (Å²) in [5, 5.41) is 0. The first-order valence-electron chi connectivity index (χ1n) is 8.31. The maximum Gasteiger partial charge on any atom is 0.0600 e. The van der Waals surface area contributed by atoms with E-state index < -0.39 is 0 Å². The van der Waals surface area contributed by atoms with Gasteiger partial charge in [0, 0.05) is 38.8 Å². The largest absolute Gasteiger partial charge is 0.375 e. The van der Waals surface area contributed by atoms with Crippen LogP contribution < -0.4 is 0 Å². The van der Waals surface area contributed by atoms with Crippen molar-refractivity contribution in [3.63, 3.8) is 0 Å². The van der Waals surface area contributed by atoms with Crippen molar-refractivity contribution in [2.75, 3.05) is 45.9 Å². The molecular weight excluding hydrogens is 264 g/mol. The summed E-state index contributed by atoms with van der Waals surface area (Å²) in [6.45, 7) is 22.1. The summed E-state index contributed by atoms with van der Waals surface area (Å²) in [6, 6.07) is 0.594. The van der Waals surface area contributed by atoms with E-state index in [1.807, 2.05) is 0 Å². The van der Waals surface area contributed by atoms with Crippen LogP contribution in [0.15, 0.2) is 0 Å². The molecule has 1 atom stereocenters. The van der Waals surface area contributed by atoms with E-state index in [9.17, 15) is 0 Å². The Morgan fingerprint density at radius 3 is 1.86 bits per heavy atom. The zero-order valence-electron chi connectivity index (χ0n) is 15.2. The quantitative estimate of drug-likeness (QED) is 0.753. The zero-order valence-corrected chi connectivity index (χ0v) is 15.2. The van der Waals surface area contributed by atoms with Crippen LogP contribution in [-0.2, 0) is 9.47 Å². The van der Waals surface area contributed by atoms with Gasteiger partial charge in [0.05, 0.1) is 24.4 Å². The van der Waals surface area contributed by atoms with E-state index in [1.54, 1.807) is 0 Å². The van der Waals surface area contributed by atoms with E-state index in [2.05, 4.69) is 58.3 Å². The van der Waals surface area contributed by atoms with Crippen molar-refractivity contribution in [2.24, 2.45) is 0 Å². The molecule has 0 amide bonds. The molecule has 1 aliphatic heterocycles. The van der Waals surface area contributed by atoms with Gasteiger partial charge in [0.1, 0.15) is 0 Å². The third-order valence-corrected chi connectivity index (χ3v) is 3.71. The average Bonchev–Trinajstić information content (AvgIpc) is 2.28. The topological polar surface area (TPSA) is 24.9 Å². The summed E-state index contributed by atoms with van der Waals surface area (Å²) in [7, 11) is 0. The number of hydrogen-bond acceptors (Lipinski definition) is 4. The van der Waals surface area contributed by atoms with E-state index in [0.29, 0.717) is 6.04 Å². The lowest BCUT2D eigenvalue weighted by Crippen LogP contribution is -2.53.